The first-order valence-electron chi connectivity index (χ1n) is 6.42. The molecule has 0 saturated carbocycles. The van der Waals surface area contributed by atoms with Gasteiger partial charge >= 0.3 is 0 Å². The molecule has 4 rings (SSSR count). The van der Waals surface area contributed by atoms with E-state index in [2.05, 4.69) is 16.8 Å². The fourth-order valence-corrected chi connectivity index (χ4v) is 3.19. The van der Waals surface area contributed by atoms with Crippen molar-refractivity contribution >= 4 is 16.5 Å². The van der Waals surface area contributed by atoms with Crippen molar-refractivity contribution in [3.63, 3.8) is 0 Å². The summed E-state index contributed by atoms with van der Waals surface area (Å²) in [5, 5.41) is 2.37. The first-order chi connectivity index (χ1) is 8.77. The fraction of sp³-hybridized carbons (Fsp3) is 0.429. The van der Waals surface area contributed by atoms with Gasteiger partial charge in [0.25, 0.3) is 0 Å². The van der Waals surface area contributed by atoms with E-state index < -0.39 is 5.79 Å². The summed E-state index contributed by atoms with van der Waals surface area (Å²) in [6, 6.07) is 6.07. The van der Waals surface area contributed by atoms with Crippen molar-refractivity contribution in [3.8, 4) is 0 Å². The Morgan fingerprint density at radius 1 is 1.22 bits per heavy atom. The maximum atomic E-state index is 6.12. The second kappa shape index (κ2) is 3.49. The molecule has 18 heavy (non-hydrogen) atoms. The van der Waals surface area contributed by atoms with Gasteiger partial charge in [0.05, 0.1) is 13.2 Å². The first kappa shape index (κ1) is 10.4. The molecule has 1 saturated heterocycles. The number of fused-ring (bicyclic) bond motifs is 3. The Kier molecular flexibility index (Phi) is 2.02. The number of hydrogen-bond donors (Lipinski definition) is 1. The lowest BCUT2D eigenvalue weighted by Gasteiger charge is -2.32. The van der Waals surface area contributed by atoms with E-state index in [9.17, 15) is 0 Å². The maximum absolute atomic E-state index is 6.12. The van der Waals surface area contributed by atoms with Crippen LogP contribution < -0.4 is 5.73 Å². The molecule has 2 aliphatic rings. The van der Waals surface area contributed by atoms with Crippen LogP contribution in [-0.2, 0) is 22.4 Å². The maximum Gasteiger partial charge on any atom is 0.175 e. The first-order valence-corrected chi connectivity index (χ1v) is 6.42. The molecule has 1 aromatic carbocycles. The molecule has 4 nitrogen and oxygen atoms in total. The summed E-state index contributed by atoms with van der Waals surface area (Å²) in [6.07, 6.45) is 3.90. The van der Waals surface area contributed by atoms with Crippen LogP contribution >= 0.6 is 0 Å². The summed E-state index contributed by atoms with van der Waals surface area (Å²) in [7, 11) is 0. The zero-order chi connectivity index (χ0) is 12.2. The highest BCUT2D eigenvalue weighted by atomic mass is 16.7. The Morgan fingerprint density at radius 3 is 2.89 bits per heavy atom. The average molecular weight is 244 g/mol. The van der Waals surface area contributed by atoms with Gasteiger partial charge in [0.15, 0.2) is 5.79 Å². The van der Waals surface area contributed by atoms with Gasteiger partial charge in [-0.25, -0.2) is 0 Å². The smallest absolute Gasteiger partial charge is 0.175 e. The van der Waals surface area contributed by atoms with Crippen LogP contribution in [0.5, 0.6) is 0 Å². The lowest BCUT2D eigenvalue weighted by molar-refractivity contribution is -0.169. The number of nitrogens with zero attached hydrogens (tertiary/aromatic N) is 1. The molecule has 0 aliphatic carbocycles. The van der Waals surface area contributed by atoms with Crippen molar-refractivity contribution in [2.75, 3.05) is 18.9 Å². The summed E-state index contributed by atoms with van der Waals surface area (Å²) in [6.45, 7) is 2.34. The molecule has 3 heterocycles. The van der Waals surface area contributed by atoms with Crippen molar-refractivity contribution in [1.82, 2.24) is 4.57 Å². The number of rotatable bonds is 0. The van der Waals surface area contributed by atoms with Gasteiger partial charge < -0.3 is 19.8 Å². The minimum Gasteiger partial charge on any atom is -0.398 e. The minimum atomic E-state index is -0.399. The zero-order valence-corrected chi connectivity index (χ0v) is 10.2. The number of nitrogen functional groups attached to an aromatic ring is 1. The molecular formula is C14H16N2O2. The zero-order valence-electron chi connectivity index (χ0n) is 10.2. The van der Waals surface area contributed by atoms with E-state index >= 15 is 0 Å². The highest BCUT2D eigenvalue weighted by molar-refractivity contribution is 5.95. The molecule has 2 aromatic rings. The average Bonchev–Trinajstić information content (AvgIpc) is 2.95. The van der Waals surface area contributed by atoms with Crippen molar-refractivity contribution in [1.29, 1.82) is 0 Å². The third-order valence-electron chi connectivity index (χ3n) is 4.04. The summed E-state index contributed by atoms with van der Waals surface area (Å²) in [5.41, 5.74) is 8.21. The second-order valence-electron chi connectivity index (χ2n) is 5.12. The molecule has 1 spiro atoms. The molecule has 1 aromatic heterocycles. The van der Waals surface area contributed by atoms with Gasteiger partial charge in [0.2, 0.25) is 0 Å². The summed E-state index contributed by atoms with van der Waals surface area (Å²) >= 11 is 0. The van der Waals surface area contributed by atoms with E-state index in [4.69, 9.17) is 15.2 Å². The molecule has 4 heteroatoms. The number of aromatic nitrogens is 1. The molecule has 1 fully saturated rings. The number of aryl methyl sites for hydroxylation is 1. The lowest BCUT2D eigenvalue weighted by Crippen LogP contribution is -2.38. The second-order valence-corrected chi connectivity index (χ2v) is 5.12. The highest BCUT2D eigenvalue weighted by Crippen LogP contribution is 2.38. The predicted molar refractivity (Wildman–Crippen MR) is 69.3 cm³/mol. The van der Waals surface area contributed by atoms with Gasteiger partial charge in [-0.05, 0) is 6.07 Å². The fourth-order valence-electron chi connectivity index (χ4n) is 3.19. The number of anilines is 1. The third kappa shape index (κ3) is 1.33. The Bertz CT molecular complexity index is 612. The molecule has 2 N–H and O–H groups in total. The molecule has 2 aliphatic heterocycles. The van der Waals surface area contributed by atoms with Crippen LogP contribution in [0.25, 0.3) is 10.8 Å². The summed E-state index contributed by atoms with van der Waals surface area (Å²) < 4.78 is 13.9. The van der Waals surface area contributed by atoms with E-state index in [1.54, 1.807) is 0 Å². The molecule has 94 valence electrons. The number of nitrogens with two attached hydrogens (primary N) is 1. The predicted octanol–water partition coefficient (Wildman–Crippen LogP) is 1.91. The molecule has 0 bridgehead atoms. The number of benzene rings is 1. The Balaban J connectivity index is 1.89. The molecule has 0 unspecified atom stereocenters. The highest BCUT2D eigenvalue weighted by Gasteiger charge is 2.40. The van der Waals surface area contributed by atoms with Crippen molar-refractivity contribution in [3.05, 3.63) is 30.1 Å². The SMILES string of the molecule is Nc1cccc2cn3c(c12)CC1(CC3)OCCO1. The van der Waals surface area contributed by atoms with E-state index in [1.165, 1.54) is 11.1 Å². The van der Waals surface area contributed by atoms with Gasteiger partial charge in [0.1, 0.15) is 0 Å². The van der Waals surface area contributed by atoms with Crippen LogP contribution in [0.4, 0.5) is 5.69 Å². The third-order valence-corrected chi connectivity index (χ3v) is 4.04. The van der Waals surface area contributed by atoms with Gasteiger partial charge in [-0.1, -0.05) is 12.1 Å². The van der Waals surface area contributed by atoms with E-state index in [0.29, 0.717) is 13.2 Å². The van der Waals surface area contributed by atoms with Gasteiger partial charge in [-0.15, -0.1) is 0 Å². The number of hydrogen-bond acceptors (Lipinski definition) is 3. The van der Waals surface area contributed by atoms with Crippen LogP contribution in [-0.4, -0.2) is 23.6 Å². The molecular weight excluding hydrogens is 228 g/mol. The van der Waals surface area contributed by atoms with Crippen LogP contribution in [0.3, 0.4) is 0 Å². The van der Waals surface area contributed by atoms with Crippen LogP contribution in [0.15, 0.2) is 24.4 Å². The topological polar surface area (TPSA) is 49.4 Å². The summed E-state index contributed by atoms with van der Waals surface area (Å²) in [5.74, 6) is -0.399. The quantitative estimate of drug-likeness (QED) is 0.720. The molecule has 0 radical (unpaired) electrons. The summed E-state index contributed by atoms with van der Waals surface area (Å²) in [4.78, 5) is 0. The largest absolute Gasteiger partial charge is 0.398 e. The van der Waals surface area contributed by atoms with Crippen molar-refractivity contribution < 1.29 is 9.47 Å². The Labute approximate surface area is 105 Å². The van der Waals surface area contributed by atoms with Gasteiger partial charge in [-0.3, -0.25) is 0 Å². The molecule has 0 atom stereocenters. The van der Waals surface area contributed by atoms with Crippen LogP contribution in [0, 0.1) is 0 Å². The Hall–Kier alpha value is -1.52. The van der Waals surface area contributed by atoms with E-state index in [0.717, 1.165) is 30.5 Å². The monoisotopic (exact) mass is 244 g/mol. The Morgan fingerprint density at radius 2 is 2.06 bits per heavy atom. The normalized spacial score (nSPS) is 21.6. The molecule has 0 amide bonds. The minimum absolute atomic E-state index is 0.399. The van der Waals surface area contributed by atoms with Crippen molar-refractivity contribution in [2.45, 2.75) is 25.2 Å². The lowest BCUT2D eigenvalue weighted by atomic mass is 10.00. The van der Waals surface area contributed by atoms with E-state index in [1.807, 2.05) is 12.1 Å². The number of ether oxygens (including phenoxy) is 2. The van der Waals surface area contributed by atoms with Gasteiger partial charge in [0, 0.05) is 47.7 Å². The van der Waals surface area contributed by atoms with Crippen LogP contribution in [0.1, 0.15) is 12.1 Å². The van der Waals surface area contributed by atoms with Crippen LogP contribution in [0.2, 0.25) is 0 Å². The van der Waals surface area contributed by atoms with Crippen molar-refractivity contribution in [2.24, 2.45) is 0 Å². The van der Waals surface area contributed by atoms with E-state index in [-0.39, 0.29) is 0 Å². The van der Waals surface area contributed by atoms with Gasteiger partial charge in [-0.2, -0.15) is 0 Å². The standard InChI is InChI=1S/C14H16N2O2/c15-11-3-1-2-10-9-16-5-4-14(17-6-7-18-14)8-12(16)13(10)11/h1-3,9H,4-8,15H2.